The topological polar surface area (TPSA) is 43.1 Å². The van der Waals surface area contributed by atoms with E-state index in [0.717, 1.165) is 18.4 Å². The molecule has 148 valence electrons. The van der Waals surface area contributed by atoms with Crippen molar-refractivity contribution in [3.63, 3.8) is 0 Å². The molecule has 5 nitrogen and oxygen atoms in total. The minimum Gasteiger partial charge on any atom is -0.444 e. The van der Waals surface area contributed by atoms with Crippen LogP contribution in [0.25, 0.3) is 4.85 Å². The van der Waals surface area contributed by atoms with E-state index in [0.29, 0.717) is 37.7 Å². The second-order valence-corrected chi connectivity index (χ2v) is 8.35. The first-order valence-corrected chi connectivity index (χ1v) is 9.86. The van der Waals surface area contributed by atoms with Gasteiger partial charge in [0.25, 0.3) is 0 Å². The van der Waals surface area contributed by atoms with Gasteiger partial charge in [-0.2, -0.15) is 0 Å². The van der Waals surface area contributed by atoms with E-state index in [9.17, 15) is 4.79 Å². The minimum atomic E-state index is -0.507. The lowest BCUT2D eigenvalue weighted by atomic mass is 9.88. The van der Waals surface area contributed by atoms with Crippen molar-refractivity contribution >= 4 is 17.7 Å². The van der Waals surface area contributed by atoms with Gasteiger partial charge in [-0.15, -0.1) is 0 Å². The molecule has 6 heteroatoms. The Labute approximate surface area is 167 Å². The second kappa shape index (κ2) is 9.96. The van der Waals surface area contributed by atoms with E-state index in [2.05, 4.69) is 4.85 Å². The number of ether oxygens (including phenoxy) is 2. The van der Waals surface area contributed by atoms with Gasteiger partial charge in [0.05, 0.1) is 12.7 Å². The quantitative estimate of drug-likeness (QED) is 0.483. The van der Waals surface area contributed by atoms with Crippen LogP contribution in [0.5, 0.6) is 0 Å². The van der Waals surface area contributed by atoms with Crippen molar-refractivity contribution in [2.45, 2.75) is 51.7 Å². The van der Waals surface area contributed by atoms with Crippen LogP contribution in [0.3, 0.4) is 0 Å². The van der Waals surface area contributed by atoms with Gasteiger partial charge in [-0.05, 0) is 51.3 Å². The molecule has 0 radical (unpaired) electrons. The smallest absolute Gasteiger partial charge is 0.410 e. The van der Waals surface area contributed by atoms with Gasteiger partial charge in [0.15, 0.2) is 0 Å². The van der Waals surface area contributed by atoms with E-state index in [4.69, 9.17) is 27.6 Å². The molecule has 1 aromatic carbocycles. The average Bonchev–Trinajstić information content (AvgIpc) is 2.60. The number of hydrogen-bond acceptors (Lipinski definition) is 3. The number of likely N-dealkylation sites (tertiary alicyclic amines) is 1. The van der Waals surface area contributed by atoms with Crippen LogP contribution in [0, 0.1) is 12.5 Å². The molecule has 0 saturated carbocycles. The first-order chi connectivity index (χ1) is 12.8. The molecule has 0 N–H and O–H groups in total. The Hall–Kier alpha value is -1.77. The Balaban J connectivity index is 2.11. The van der Waals surface area contributed by atoms with Crippen LogP contribution in [0.2, 0.25) is 5.02 Å². The Kier molecular flexibility index (Phi) is 7.94. The average molecular weight is 393 g/mol. The van der Waals surface area contributed by atoms with Gasteiger partial charge in [-0.3, -0.25) is 0 Å². The zero-order valence-corrected chi connectivity index (χ0v) is 17.2. The molecule has 0 bridgehead atoms. The molecule has 27 heavy (non-hydrogen) atoms. The number of hydrogen-bond donors (Lipinski definition) is 0. The largest absolute Gasteiger partial charge is 0.444 e. The summed E-state index contributed by atoms with van der Waals surface area (Å²) in [5.74, 6) is 0.165. The number of halogens is 1. The molecule has 1 amide bonds. The third kappa shape index (κ3) is 7.04. The van der Waals surface area contributed by atoms with Gasteiger partial charge in [0, 0.05) is 30.5 Å². The van der Waals surface area contributed by atoms with Crippen LogP contribution in [0.15, 0.2) is 24.3 Å². The van der Waals surface area contributed by atoms with Crippen molar-refractivity contribution in [1.82, 2.24) is 4.90 Å². The van der Waals surface area contributed by atoms with Gasteiger partial charge in [0.1, 0.15) is 5.60 Å². The van der Waals surface area contributed by atoms with Crippen molar-refractivity contribution < 1.29 is 14.3 Å². The van der Waals surface area contributed by atoms with Crippen molar-refractivity contribution in [3.8, 4) is 0 Å². The zero-order chi connectivity index (χ0) is 19.9. The maximum absolute atomic E-state index is 12.5. The number of amides is 1. The molecule has 0 aliphatic carbocycles. The molecule has 1 heterocycles. The molecule has 1 aliphatic heterocycles. The summed E-state index contributed by atoms with van der Waals surface area (Å²) >= 11 is 6.18. The highest BCUT2D eigenvalue weighted by molar-refractivity contribution is 6.30. The summed E-state index contributed by atoms with van der Waals surface area (Å²) in [7, 11) is 0. The second-order valence-electron chi connectivity index (χ2n) is 7.91. The summed E-state index contributed by atoms with van der Waals surface area (Å²) in [6.07, 6.45) is 2.15. The van der Waals surface area contributed by atoms with Crippen molar-refractivity contribution in [3.05, 3.63) is 46.3 Å². The lowest BCUT2D eigenvalue weighted by molar-refractivity contribution is -0.0255. The molecule has 1 aromatic rings. The fourth-order valence-electron chi connectivity index (χ4n) is 3.29. The van der Waals surface area contributed by atoms with E-state index in [1.54, 1.807) is 4.90 Å². The van der Waals surface area contributed by atoms with Crippen LogP contribution in [0.1, 0.15) is 51.7 Å². The predicted molar refractivity (Wildman–Crippen MR) is 107 cm³/mol. The summed E-state index contributed by atoms with van der Waals surface area (Å²) < 4.78 is 11.7. The lowest BCUT2D eigenvalue weighted by Gasteiger charge is -2.37. The van der Waals surface area contributed by atoms with Gasteiger partial charge >= 0.3 is 6.09 Å². The third-order valence-corrected chi connectivity index (χ3v) is 4.66. The molecule has 1 fully saturated rings. The van der Waals surface area contributed by atoms with Crippen LogP contribution >= 0.6 is 11.6 Å². The van der Waals surface area contributed by atoms with Gasteiger partial charge in [0.2, 0.25) is 6.54 Å². The van der Waals surface area contributed by atoms with Gasteiger partial charge < -0.3 is 19.2 Å². The number of carbonyl (C=O) groups excluding carboxylic acids is 1. The summed E-state index contributed by atoms with van der Waals surface area (Å²) in [4.78, 5) is 17.6. The zero-order valence-electron chi connectivity index (χ0n) is 16.4. The van der Waals surface area contributed by atoms with Gasteiger partial charge in [-0.1, -0.05) is 23.7 Å². The Morgan fingerprint density at radius 3 is 2.89 bits per heavy atom. The molecule has 1 saturated heterocycles. The van der Waals surface area contributed by atoms with Gasteiger partial charge in [-0.25, -0.2) is 11.4 Å². The Bertz CT molecular complexity index is 666. The summed E-state index contributed by atoms with van der Waals surface area (Å²) in [5, 5.41) is 0.669. The van der Waals surface area contributed by atoms with Crippen LogP contribution < -0.4 is 0 Å². The molecule has 2 rings (SSSR count). The number of carbonyl (C=O) groups is 1. The molecule has 0 spiro atoms. The highest BCUT2D eigenvalue weighted by atomic mass is 35.5. The molecule has 2 atom stereocenters. The molecule has 0 aromatic heterocycles. The number of rotatable bonds is 6. The standard InChI is InChI=1S/C21H29ClN2O3/c1-21(2,3)27-20(25)24-12-6-9-17(15-24)19(26-13-7-11-23-4)16-8-5-10-18(22)14-16/h5,8,10,14,17,19H,6-7,9,11-13,15H2,1-3H3/t17-,19+/m1/s1. The van der Waals surface area contributed by atoms with E-state index >= 15 is 0 Å². The molecule has 0 unspecified atom stereocenters. The summed E-state index contributed by atoms with van der Waals surface area (Å²) in [6, 6.07) is 7.70. The number of piperidine rings is 1. The maximum Gasteiger partial charge on any atom is 0.410 e. The first-order valence-electron chi connectivity index (χ1n) is 9.48. The van der Waals surface area contributed by atoms with Crippen LogP contribution in [-0.2, 0) is 9.47 Å². The summed E-state index contributed by atoms with van der Waals surface area (Å²) in [6.45, 7) is 14.8. The minimum absolute atomic E-state index is 0.153. The Morgan fingerprint density at radius 1 is 1.44 bits per heavy atom. The van der Waals surface area contributed by atoms with E-state index in [1.165, 1.54) is 0 Å². The number of benzene rings is 1. The Morgan fingerprint density at radius 2 is 2.22 bits per heavy atom. The molecular weight excluding hydrogens is 364 g/mol. The van der Waals surface area contributed by atoms with Crippen molar-refractivity contribution in [1.29, 1.82) is 0 Å². The first kappa shape index (κ1) is 21.5. The third-order valence-electron chi connectivity index (χ3n) is 4.43. The van der Waals surface area contributed by atoms with E-state index in [-0.39, 0.29) is 18.1 Å². The molecule has 1 aliphatic rings. The highest BCUT2D eigenvalue weighted by Gasteiger charge is 2.33. The lowest BCUT2D eigenvalue weighted by Crippen LogP contribution is -2.44. The normalized spacial score (nSPS) is 18.6. The summed E-state index contributed by atoms with van der Waals surface area (Å²) in [5.41, 5.74) is 0.508. The number of nitrogens with zero attached hydrogens (tertiary/aromatic N) is 2. The van der Waals surface area contributed by atoms with Crippen molar-refractivity contribution in [2.24, 2.45) is 5.92 Å². The van der Waals surface area contributed by atoms with Crippen LogP contribution in [0.4, 0.5) is 4.79 Å². The highest BCUT2D eigenvalue weighted by Crippen LogP contribution is 2.34. The van der Waals surface area contributed by atoms with E-state index < -0.39 is 5.60 Å². The SMILES string of the molecule is [C-]#[N+]CCCO[C@@H](c1cccc(Cl)c1)[C@@H]1CCCN(C(=O)OC(C)(C)C)C1. The maximum atomic E-state index is 12.5. The van der Waals surface area contributed by atoms with Crippen molar-refractivity contribution in [2.75, 3.05) is 26.2 Å². The molecular formula is C21H29ClN2O3. The fraction of sp³-hybridized carbons (Fsp3) is 0.619. The predicted octanol–water partition coefficient (Wildman–Crippen LogP) is 5.35. The van der Waals surface area contributed by atoms with Crippen LogP contribution in [-0.4, -0.2) is 42.8 Å². The monoisotopic (exact) mass is 392 g/mol. The fourth-order valence-corrected chi connectivity index (χ4v) is 3.49. The van der Waals surface area contributed by atoms with E-state index in [1.807, 2.05) is 45.0 Å².